The highest BCUT2D eigenvalue weighted by atomic mass is 32.2. The van der Waals surface area contributed by atoms with Crippen LogP contribution >= 0.6 is 0 Å². The normalized spacial score (nSPS) is 11.6. The minimum Gasteiger partial charge on any atom is -0.383 e. The smallest absolute Gasteiger partial charge is 0.258 e. The lowest BCUT2D eigenvalue weighted by molar-refractivity contribution is 0.204. The van der Waals surface area contributed by atoms with E-state index in [0.29, 0.717) is 18.0 Å². The molecule has 0 saturated carbocycles. The van der Waals surface area contributed by atoms with Crippen LogP contribution in [0.2, 0.25) is 0 Å². The summed E-state index contributed by atoms with van der Waals surface area (Å²) in [6.45, 7) is 0.491. The molecule has 0 bridgehead atoms. The van der Waals surface area contributed by atoms with Gasteiger partial charge < -0.3 is 9.26 Å². The van der Waals surface area contributed by atoms with Crippen LogP contribution in [0.4, 0.5) is 0 Å². The largest absolute Gasteiger partial charge is 0.383 e. The molecule has 3 aromatic rings. The number of nitrogens with zero attached hydrogens (tertiary/aromatic N) is 2. The summed E-state index contributed by atoms with van der Waals surface area (Å²) < 4.78 is 37.2. The number of benzene rings is 2. The van der Waals surface area contributed by atoms with Crippen molar-refractivity contribution >= 4 is 10.0 Å². The van der Waals surface area contributed by atoms with E-state index < -0.39 is 10.0 Å². The van der Waals surface area contributed by atoms with E-state index in [1.807, 2.05) is 30.3 Å². The topological polar surface area (TPSA) is 94.3 Å². The number of hydrogen-bond donors (Lipinski definition) is 1. The van der Waals surface area contributed by atoms with E-state index in [0.717, 1.165) is 5.56 Å². The highest BCUT2D eigenvalue weighted by Gasteiger charge is 2.16. The Morgan fingerprint density at radius 2 is 1.84 bits per heavy atom. The Morgan fingerprint density at radius 3 is 2.60 bits per heavy atom. The number of aromatic nitrogens is 2. The SMILES string of the molecule is COCCNS(=O)(=O)c1cccc(-c2nc(-c3ccccc3)no2)c1. The molecular weight excluding hydrogens is 342 g/mol. The van der Waals surface area contributed by atoms with Crippen LogP contribution in [0.3, 0.4) is 0 Å². The van der Waals surface area contributed by atoms with Gasteiger partial charge in [-0.05, 0) is 18.2 Å². The summed E-state index contributed by atoms with van der Waals surface area (Å²) >= 11 is 0. The Balaban J connectivity index is 1.86. The maximum atomic E-state index is 12.3. The number of hydrogen-bond acceptors (Lipinski definition) is 6. The zero-order chi connectivity index (χ0) is 17.7. The first-order chi connectivity index (χ1) is 12.1. The van der Waals surface area contributed by atoms with Gasteiger partial charge in [-0.25, -0.2) is 13.1 Å². The monoisotopic (exact) mass is 359 g/mol. The Morgan fingerprint density at radius 1 is 1.08 bits per heavy atom. The lowest BCUT2D eigenvalue weighted by Crippen LogP contribution is -2.27. The standard InChI is InChI=1S/C17H17N3O4S/c1-23-11-10-18-25(21,22)15-9-5-8-14(12-15)17-19-16(20-24-17)13-6-3-2-4-7-13/h2-9,12,18H,10-11H2,1H3. The predicted octanol–water partition coefficient (Wildman–Crippen LogP) is 2.33. The Kier molecular flexibility index (Phi) is 5.22. The Bertz CT molecular complexity index is 939. The second-order valence-electron chi connectivity index (χ2n) is 5.21. The quantitative estimate of drug-likeness (QED) is 0.651. The molecule has 0 saturated heterocycles. The van der Waals surface area contributed by atoms with E-state index in [-0.39, 0.29) is 17.3 Å². The molecule has 130 valence electrons. The van der Waals surface area contributed by atoms with Crippen LogP contribution in [0.5, 0.6) is 0 Å². The van der Waals surface area contributed by atoms with Gasteiger partial charge in [0, 0.05) is 24.8 Å². The van der Waals surface area contributed by atoms with Crippen molar-refractivity contribution in [3.05, 3.63) is 54.6 Å². The van der Waals surface area contributed by atoms with Crippen molar-refractivity contribution in [3.8, 4) is 22.8 Å². The first-order valence-electron chi connectivity index (χ1n) is 7.58. The van der Waals surface area contributed by atoms with Gasteiger partial charge in [-0.1, -0.05) is 41.6 Å². The third-order valence-electron chi connectivity index (χ3n) is 3.45. The minimum absolute atomic E-state index is 0.126. The molecule has 25 heavy (non-hydrogen) atoms. The van der Waals surface area contributed by atoms with Gasteiger partial charge >= 0.3 is 0 Å². The molecule has 7 nitrogen and oxygen atoms in total. The highest BCUT2D eigenvalue weighted by molar-refractivity contribution is 7.89. The molecule has 0 aliphatic carbocycles. The van der Waals surface area contributed by atoms with Crippen molar-refractivity contribution in [3.63, 3.8) is 0 Å². The van der Waals surface area contributed by atoms with Crippen molar-refractivity contribution < 1.29 is 17.7 Å². The summed E-state index contributed by atoms with van der Waals surface area (Å²) in [5.74, 6) is 0.704. The van der Waals surface area contributed by atoms with E-state index in [1.165, 1.54) is 19.2 Å². The summed E-state index contributed by atoms with van der Waals surface area (Å²) in [7, 11) is -2.12. The first-order valence-corrected chi connectivity index (χ1v) is 9.06. The maximum absolute atomic E-state index is 12.3. The average molecular weight is 359 g/mol. The van der Waals surface area contributed by atoms with Crippen molar-refractivity contribution in [2.75, 3.05) is 20.3 Å². The van der Waals surface area contributed by atoms with E-state index in [4.69, 9.17) is 9.26 Å². The lowest BCUT2D eigenvalue weighted by atomic mass is 10.2. The van der Waals surface area contributed by atoms with Crippen LogP contribution in [0, 0.1) is 0 Å². The van der Waals surface area contributed by atoms with Crippen molar-refractivity contribution in [2.45, 2.75) is 4.90 Å². The number of ether oxygens (including phenoxy) is 1. The summed E-state index contributed by atoms with van der Waals surface area (Å²) in [4.78, 5) is 4.46. The molecule has 8 heteroatoms. The lowest BCUT2D eigenvalue weighted by Gasteiger charge is -2.06. The van der Waals surface area contributed by atoms with Gasteiger partial charge in [-0.15, -0.1) is 0 Å². The van der Waals surface area contributed by atoms with Gasteiger partial charge in [-0.2, -0.15) is 4.98 Å². The fourth-order valence-electron chi connectivity index (χ4n) is 2.20. The van der Waals surface area contributed by atoms with E-state index >= 15 is 0 Å². The molecule has 1 N–H and O–H groups in total. The summed E-state index contributed by atoms with van der Waals surface area (Å²) in [5, 5.41) is 3.95. The summed E-state index contributed by atoms with van der Waals surface area (Å²) in [6.07, 6.45) is 0. The van der Waals surface area contributed by atoms with Gasteiger partial charge in [0.2, 0.25) is 15.8 Å². The van der Waals surface area contributed by atoms with Crippen LogP contribution in [0.25, 0.3) is 22.8 Å². The molecule has 0 aliphatic rings. The molecule has 0 amide bonds. The van der Waals surface area contributed by atoms with Crippen LogP contribution < -0.4 is 4.72 Å². The molecule has 0 spiro atoms. The van der Waals surface area contributed by atoms with E-state index in [9.17, 15) is 8.42 Å². The third-order valence-corrected chi connectivity index (χ3v) is 4.91. The zero-order valence-electron chi connectivity index (χ0n) is 13.5. The molecular formula is C17H17N3O4S. The maximum Gasteiger partial charge on any atom is 0.258 e. The number of nitrogens with one attached hydrogen (secondary N) is 1. The minimum atomic E-state index is -3.63. The molecule has 1 heterocycles. The second-order valence-corrected chi connectivity index (χ2v) is 6.97. The number of methoxy groups -OCH3 is 1. The molecule has 1 aromatic heterocycles. The van der Waals surface area contributed by atoms with Crippen molar-refractivity contribution in [2.24, 2.45) is 0 Å². The van der Waals surface area contributed by atoms with Gasteiger partial charge in [-0.3, -0.25) is 0 Å². The average Bonchev–Trinajstić information content (AvgIpc) is 3.13. The number of sulfonamides is 1. The summed E-state index contributed by atoms with van der Waals surface area (Å²) in [6, 6.07) is 15.8. The van der Waals surface area contributed by atoms with Gasteiger partial charge in [0.05, 0.1) is 11.5 Å². The molecule has 0 aliphatic heterocycles. The predicted molar refractivity (Wildman–Crippen MR) is 92.2 cm³/mol. The van der Waals surface area contributed by atoms with E-state index in [2.05, 4.69) is 14.9 Å². The van der Waals surface area contributed by atoms with Crippen LogP contribution in [-0.2, 0) is 14.8 Å². The number of rotatable bonds is 7. The van der Waals surface area contributed by atoms with Gasteiger partial charge in [0.15, 0.2) is 0 Å². The molecule has 0 fully saturated rings. The molecule has 0 atom stereocenters. The van der Waals surface area contributed by atoms with Crippen LogP contribution in [-0.4, -0.2) is 38.8 Å². The molecule has 0 radical (unpaired) electrons. The molecule has 2 aromatic carbocycles. The molecule has 0 unspecified atom stereocenters. The third kappa shape index (κ3) is 4.11. The Labute approximate surface area is 145 Å². The summed E-state index contributed by atoms with van der Waals surface area (Å²) in [5.41, 5.74) is 1.35. The van der Waals surface area contributed by atoms with Crippen LogP contribution in [0.1, 0.15) is 0 Å². The zero-order valence-corrected chi connectivity index (χ0v) is 14.4. The highest BCUT2D eigenvalue weighted by Crippen LogP contribution is 2.24. The fourth-order valence-corrected chi connectivity index (χ4v) is 3.26. The fraction of sp³-hybridized carbons (Fsp3) is 0.176. The second kappa shape index (κ2) is 7.56. The Hall–Kier alpha value is -2.55. The first kappa shape index (κ1) is 17.3. The van der Waals surface area contributed by atoms with Crippen molar-refractivity contribution in [1.82, 2.24) is 14.9 Å². The van der Waals surface area contributed by atoms with Crippen LogP contribution in [0.15, 0.2) is 64.0 Å². The van der Waals surface area contributed by atoms with Crippen molar-refractivity contribution in [1.29, 1.82) is 0 Å². The van der Waals surface area contributed by atoms with Gasteiger partial charge in [0.25, 0.3) is 5.89 Å². The molecule has 3 rings (SSSR count). The van der Waals surface area contributed by atoms with Gasteiger partial charge in [0.1, 0.15) is 0 Å². The van der Waals surface area contributed by atoms with E-state index in [1.54, 1.807) is 12.1 Å².